The number of aliphatic hydroxyl groups is 1. The zero-order chi connectivity index (χ0) is 22.2. The van der Waals surface area contributed by atoms with Crippen LogP contribution in [0.3, 0.4) is 0 Å². The smallest absolute Gasteiger partial charge is 0.811 e. The van der Waals surface area contributed by atoms with Crippen molar-refractivity contribution in [2.45, 2.75) is 25.9 Å². The first-order valence-corrected chi connectivity index (χ1v) is 13.0. The van der Waals surface area contributed by atoms with Gasteiger partial charge < -0.3 is 33.8 Å². The van der Waals surface area contributed by atoms with Crippen molar-refractivity contribution in [1.29, 1.82) is 0 Å². The molecule has 0 radical (unpaired) electrons. The summed E-state index contributed by atoms with van der Waals surface area (Å²) in [5.74, 6) is 0. The summed E-state index contributed by atoms with van der Waals surface area (Å²) in [5, 5.41) is 9.36. The molecule has 0 bridgehead atoms. The number of aryl methyl sites for hydroxylation is 2. The topological polar surface area (TPSA) is 150 Å². The van der Waals surface area contributed by atoms with Gasteiger partial charge in [-0.15, -0.1) is 0 Å². The molecule has 0 saturated carbocycles. The van der Waals surface area contributed by atoms with Gasteiger partial charge in [0.05, 0.1) is 6.61 Å². The number of hydrogen-bond donors (Lipinski definition) is 1. The summed E-state index contributed by atoms with van der Waals surface area (Å²) in [6.07, 6.45) is -0.433. The van der Waals surface area contributed by atoms with Crippen LogP contribution in [0.15, 0.2) is 48.5 Å². The Morgan fingerprint density at radius 2 is 0.969 bits per heavy atom. The van der Waals surface area contributed by atoms with Crippen molar-refractivity contribution in [1.82, 2.24) is 4.90 Å². The number of aliphatic hydroxyl groups excluding tert-OH is 1. The van der Waals surface area contributed by atoms with E-state index in [4.69, 9.17) is 0 Å². The van der Waals surface area contributed by atoms with Crippen LogP contribution in [0, 0.1) is 0 Å². The molecule has 0 unspecified atom stereocenters. The molecular weight excluding hydrogens is 508 g/mol. The molecule has 0 aliphatic heterocycles. The van der Waals surface area contributed by atoms with E-state index in [-0.39, 0.29) is 94.9 Å². The molecule has 32 heavy (non-hydrogen) atoms. The van der Waals surface area contributed by atoms with Gasteiger partial charge in [-0.3, -0.25) is 4.90 Å². The van der Waals surface area contributed by atoms with Gasteiger partial charge >= 0.3 is 75.5 Å². The molecular formula is C20H25Ca2NO7P2. The summed E-state index contributed by atoms with van der Waals surface area (Å²) < 4.78 is 21.5. The van der Waals surface area contributed by atoms with Gasteiger partial charge in [-0.2, -0.15) is 0 Å². The van der Waals surface area contributed by atoms with E-state index in [1.54, 1.807) is 24.3 Å². The number of nitrogens with zero attached hydrogens (tertiary/aromatic N) is 1. The van der Waals surface area contributed by atoms with E-state index < -0.39 is 27.5 Å². The third kappa shape index (κ3) is 14.5. The average Bonchev–Trinajstić information content (AvgIpc) is 2.66. The van der Waals surface area contributed by atoms with Crippen LogP contribution in [-0.4, -0.2) is 111 Å². The molecule has 0 saturated heterocycles. The Labute approximate surface area is 248 Å². The van der Waals surface area contributed by atoms with Crippen molar-refractivity contribution >= 4 is 90.7 Å². The molecule has 0 aliphatic rings. The Morgan fingerprint density at radius 3 is 1.25 bits per heavy atom. The first kappa shape index (κ1) is 33.2. The Bertz CT molecular complexity index is 814. The standard InChI is InChI=1S/C20H29NO7P2.2Ca/c22-12-11-21(15-19-5-1-17(2-6-19)9-13-29(23,24)25)16-20-7-3-18(4-8-20)10-14-30(26,27)28;;/h1-8,22H,9-16H2,(H2,23,24,25)(H2,26,27,28);;/q;2*+2/p-4. The van der Waals surface area contributed by atoms with Crippen LogP contribution in [0.5, 0.6) is 0 Å². The van der Waals surface area contributed by atoms with E-state index in [1.807, 2.05) is 29.2 Å². The summed E-state index contributed by atoms with van der Waals surface area (Å²) in [4.78, 5) is 45.1. The SMILES string of the molecule is O=P([O-])([O-])CCc1ccc(CN(CCO)Cc2ccc(CCP(=O)([O-])[O-])cc2)cc1.[Ca+2].[Ca+2]. The van der Waals surface area contributed by atoms with Crippen molar-refractivity contribution in [2.24, 2.45) is 0 Å². The summed E-state index contributed by atoms with van der Waals surface area (Å²) >= 11 is 0. The number of hydrogen-bond acceptors (Lipinski definition) is 8. The van der Waals surface area contributed by atoms with Crippen LogP contribution in [0.2, 0.25) is 0 Å². The van der Waals surface area contributed by atoms with Gasteiger partial charge in [-0.25, -0.2) is 0 Å². The molecule has 2 rings (SSSR count). The summed E-state index contributed by atoms with van der Waals surface area (Å²) in [7, 11) is -9.02. The number of rotatable bonds is 12. The second-order valence-corrected chi connectivity index (χ2v) is 10.6. The summed E-state index contributed by atoms with van der Waals surface area (Å²) in [6.45, 7) is 1.58. The van der Waals surface area contributed by atoms with Crippen LogP contribution in [0.25, 0.3) is 0 Å². The molecule has 0 atom stereocenters. The zero-order valence-corrected chi connectivity index (χ0v) is 24.1. The van der Waals surface area contributed by atoms with Gasteiger partial charge in [0.1, 0.15) is 0 Å². The largest absolute Gasteiger partial charge is 2.00 e. The third-order valence-electron chi connectivity index (χ3n) is 4.62. The molecule has 0 fully saturated rings. The predicted octanol–water partition coefficient (Wildman–Crippen LogP) is -1.17. The molecule has 0 aliphatic carbocycles. The molecule has 166 valence electrons. The molecule has 12 heteroatoms. The fraction of sp³-hybridized carbons (Fsp3) is 0.400. The van der Waals surface area contributed by atoms with Crippen LogP contribution in [-0.2, 0) is 35.1 Å². The van der Waals surface area contributed by atoms with Gasteiger partial charge in [0.25, 0.3) is 0 Å². The minimum absolute atomic E-state index is 0. The first-order chi connectivity index (χ1) is 14.0. The van der Waals surface area contributed by atoms with E-state index in [0.29, 0.717) is 19.6 Å². The van der Waals surface area contributed by atoms with E-state index in [0.717, 1.165) is 22.3 Å². The molecule has 0 spiro atoms. The maximum Gasteiger partial charge on any atom is 2.00 e. The quantitative estimate of drug-likeness (QED) is 0.265. The second kappa shape index (κ2) is 16.0. The third-order valence-corrected chi connectivity index (χ3v) is 6.17. The van der Waals surface area contributed by atoms with E-state index >= 15 is 0 Å². The van der Waals surface area contributed by atoms with Gasteiger partial charge in [0, 0.05) is 19.6 Å². The molecule has 2 aromatic carbocycles. The van der Waals surface area contributed by atoms with Crippen molar-refractivity contribution in [3.63, 3.8) is 0 Å². The van der Waals surface area contributed by atoms with Crippen LogP contribution in [0.1, 0.15) is 22.3 Å². The normalized spacial score (nSPS) is 11.7. The fourth-order valence-corrected chi connectivity index (χ4v) is 4.09. The van der Waals surface area contributed by atoms with Crippen molar-refractivity contribution < 1.29 is 33.8 Å². The molecule has 2 aromatic rings. The van der Waals surface area contributed by atoms with Crippen LogP contribution < -0.4 is 19.6 Å². The molecule has 0 amide bonds. The van der Waals surface area contributed by atoms with Gasteiger partial charge in [-0.05, 0) is 47.4 Å². The Hall–Kier alpha value is 1.18. The minimum Gasteiger partial charge on any atom is -0.811 e. The summed E-state index contributed by atoms with van der Waals surface area (Å²) in [5.41, 5.74) is 3.52. The summed E-state index contributed by atoms with van der Waals surface area (Å²) in [6, 6.07) is 14.6. The van der Waals surface area contributed by atoms with Crippen LogP contribution >= 0.6 is 15.2 Å². The fourth-order valence-electron chi connectivity index (χ4n) is 3.03. The average molecular weight is 534 g/mol. The maximum absolute atomic E-state index is 10.8. The zero-order valence-electron chi connectivity index (χ0n) is 17.9. The number of benzene rings is 2. The van der Waals surface area contributed by atoms with E-state index in [2.05, 4.69) is 0 Å². The van der Waals surface area contributed by atoms with Gasteiger partial charge in [0.2, 0.25) is 0 Å². The van der Waals surface area contributed by atoms with Crippen LogP contribution in [0.4, 0.5) is 0 Å². The monoisotopic (exact) mass is 533 g/mol. The van der Waals surface area contributed by atoms with E-state index in [1.165, 1.54) is 0 Å². The van der Waals surface area contributed by atoms with Crippen molar-refractivity contribution in [3.05, 3.63) is 70.8 Å². The molecule has 0 aromatic heterocycles. The maximum atomic E-state index is 10.8. The minimum atomic E-state index is -4.51. The molecule has 8 nitrogen and oxygen atoms in total. The van der Waals surface area contributed by atoms with Crippen molar-refractivity contribution in [3.8, 4) is 0 Å². The Kier molecular flexibility index (Phi) is 16.6. The molecule has 1 N–H and O–H groups in total. The molecule has 0 heterocycles. The van der Waals surface area contributed by atoms with E-state index in [9.17, 15) is 33.8 Å². The first-order valence-electron chi connectivity index (χ1n) is 9.55. The predicted molar refractivity (Wildman–Crippen MR) is 118 cm³/mol. The Morgan fingerprint density at radius 1 is 0.656 bits per heavy atom. The second-order valence-electron chi connectivity index (χ2n) is 7.24. The Balaban J connectivity index is 0.00000480. The van der Waals surface area contributed by atoms with Gasteiger partial charge in [-0.1, -0.05) is 63.7 Å². The van der Waals surface area contributed by atoms with Crippen molar-refractivity contribution in [2.75, 3.05) is 25.5 Å². The van der Waals surface area contributed by atoms with Gasteiger partial charge in [0.15, 0.2) is 0 Å².